The van der Waals surface area contributed by atoms with Crippen LogP contribution in [0.4, 0.5) is 0 Å². The number of hydrogen-bond acceptors (Lipinski definition) is 3. The van der Waals surface area contributed by atoms with E-state index < -0.39 is 11.1 Å². The molecular formula is C6H12O4S. The molecule has 2 unspecified atom stereocenters. The lowest BCUT2D eigenvalue weighted by Crippen LogP contribution is -2.12. The molecule has 0 fully saturated rings. The molecule has 2 atom stereocenters. The number of carbonyl (C=O) groups is 1. The molecule has 0 aliphatic carbocycles. The third-order valence-corrected chi connectivity index (χ3v) is 2.25. The number of ether oxygens (including phenoxy) is 1. The van der Waals surface area contributed by atoms with E-state index in [0.29, 0.717) is 6.42 Å². The first-order valence-corrected chi connectivity index (χ1v) is 4.41. The maximum Gasteiger partial charge on any atom is 0.305 e. The number of hydrogen-bond donors (Lipinski definition) is 1. The van der Waals surface area contributed by atoms with E-state index in [2.05, 4.69) is 4.74 Å². The SMILES string of the molecule is COC(=O)CCC(C)S(=O)O. The molecule has 0 amide bonds. The van der Waals surface area contributed by atoms with Gasteiger partial charge < -0.3 is 9.29 Å². The van der Waals surface area contributed by atoms with E-state index in [1.165, 1.54) is 7.11 Å². The zero-order valence-electron chi connectivity index (χ0n) is 6.57. The molecule has 4 nitrogen and oxygen atoms in total. The zero-order chi connectivity index (χ0) is 8.85. The van der Waals surface area contributed by atoms with E-state index in [1.807, 2.05) is 0 Å². The van der Waals surface area contributed by atoms with Gasteiger partial charge in [-0.3, -0.25) is 4.79 Å². The van der Waals surface area contributed by atoms with Gasteiger partial charge in [0.2, 0.25) is 0 Å². The van der Waals surface area contributed by atoms with Crippen LogP contribution in [0.3, 0.4) is 0 Å². The Hall–Kier alpha value is -0.420. The maximum absolute atomic E-state index is 10.5. The van der Waals surface area contributed by atoms with Gasteiger partial charge in [0.05, 0.1) is 12.4 Å². The van der Waals surface area contributed by atoms with E-state index in [9.17, 15) is 9.00 Å². The summed E-state index contributed by atoms with van der Waals surface area (Å²) < 4.78 is 23.2. The van der Waals surface area contributed by atoms with Crippen molar-refractivity contribution >= 4 is 17.0 Å². The van der Waals surface area contributed by atoms with Crippen molar-refractivity contribution < 1.29 is 18.3 Å². The van der Waals surface area contributed by atoms with Crippen LogP contribution >= 0.6 is 0 Å². The maximum atomic E-state index is 10.5. The highest BCUT2D eigenvalue weighted by atomic mass is 32.2. The van der Waals surface area contributed by atoms with Crippen LogP contribution < -0.4 is 0 Å². The monoisotopic (exact) mass is 180 g/mol. The van der Waals surface area contributed by atoms with E-state index in [1.54, 1.807) is 6.92 Å². The first-order chi connectivity index (χ1) is 5.07. The van der Waals surface area contributed by atoms with Crippen molar-refractivity contribution in [3.05, 3.63) is 0 Å². The van der Waals surface area contributed by atoms with Gasteiger partial charge in [0.25, 0.3) is 0 Å². The van der Waals surface area contributed by atoms with Gasteiger partial charge in [0.1, 0.15) is 0 Å². The highest BCUT2D eigenvalue weighted by Crippen LogP contribution is 2.03. The van der Waals surface area contributed by atoms with Crippen LogP contribution in [0.5, 0.6) is 0 Å². The lowest BCUT2D eigenvalue weighted by molar-refractivity contribution is -0.140. The zero-order valence-corrected chi connectivity index (χ0v) is 7.39. The van der Waals surface area contributed by atoms with Gasteiger partial charge in [0.15, 0.2) is 11.1 Å². The minimum atomic E-state index is -1.84. The van der Waals surface area contributed by atoms with E-state index in [0.717, 1.165) is 0 Å². The quantitative estimate of drug-likeness (QED) is 0.507. The van der Waals surface area contributed by atoms with Crippen LogP contribution in [0.25, 0.3) is 0 Å². The summed E-state index contributed by atoms with van der Waals surface area (Å²) >= 11 is -1.84. The summed E-state index contributed by atoms with van der Waals surface area (Å²) in [6.45, 7) is 1.61. The summed E-state index contributed by atoms with van der Waals surface area (Å²) in [6.07, 6.45) is 0.583. The van der Waals surface area contributed by atoms with Gasteiger partial charge in [-0.05, 0) is 13.3 Å². The summed E-state index contributed by atoms with van der Waals surface area (Å²) in [5.41, 5.74) is 0. The van der Waals surface area contributed by atoms with Crippen molar-refractivity contribution in [2.45, 2.75) is 25.0 Å². The Morgan fingerprint density at radius 1 is 1.73 bits per heavy atom. The molecule has 0 saturated heterocycles. The van der Waals surface area contributed by atoms with Crippen LogP contribution in [0.15, 0.2) is 0 Å². The Balaban J connectivity index is 3.54. The second kappa shape index (κ2) is 5.26. The molecule has 1 N–H and O–H groups in total. The second-order valence-corrected chi connectivity index (χ2v) is 3.56. The van der Waals surface area contributed by atoms with Crippen molar-refractivity contribution in [3.8, 4) is 0 Å². The van der Waals surface area contributed by atoms with Gasteiger partial charge in [0, 0.05) is 6.42 Å². The molecule has 0 rings (SSSR count). The second-order valence-electron chi connectivity index (χ2n) is 2.20. The minimum absolute atomic E-state index is 0.198. The first kappa shape index (κ1) is 10.6. The Kier molecular flexibility index (Phi) is 5.06. The van der Waals surface area contributed by atoms with Crippen molar-refractivity contribution in [1.29, 1.82) is 0 Å². The summed E-state index contributed by atoms with van der Waals surface area (Å²) in [6, 6.07) is 0. The molecule has 0 aliphatic heterocycles. The fourth-order valence-electron chi connectivity index (χ4n) is 0.524. The fourth-order valence-corrected chi connectivity index (χ4v) is 0.843. The third kappa shape index (κ3) is 4.92. The van der Waals surface area contributed by atoms with Gasteiger partial charge in [-0.1, -0.05) is 0 Å². The molecule has 0 aromatic rings. The molecule has 0 spiro atoms. The molecule has 0 saturated carbocycles. The normalized spacial score (nSPS) is 15.5. The van der Waals surface area contributed by atoms with E-state index in [4.69, 9.17) is 4.55 Å². The number of esters is 1. The highest BCUT2D eigenvalue weighted by Gasteiger charge is 2.10. The average Bonchev–Trinajstić information content (AvgIpc) is 1.99. The van der Waals surface area contributed by atoms with E-state index >= 15 is 0 Å². The molecule has 0 heterocycles. The predicted octanol–water partition coefficient (Wildman–Crippen LogP) is 0.550. The molecule has 66 valence electrons. The van der Waals surface area contributed by atoms with Gasteiger partial charge in [-0.2, -0.15) is 0 Å². The Labute approximate surface area is 68.2 Å². The van der Waals surface area contributed by atoms with Gasteiger partial charge in [-0.15, -0.1) is 0 Å². The summed E-state index contributed by atoms with van der Waals surface area (Å²) in [5, 5.41) is -0.367. The molecule has 11 heavy (non-hydrogen) atoms. The number of methoxy groups -OCH3 is 1. The van der Waals surface area contributed by atoms with Crippen LogP contribution in [-0.4, -0.2) is 27.1 Å². The van der Waals surface area contributed by atoms with Gasteiger partial charge >= 0.3 is 5.97 Å². The average molecular weight is 180 g/mol. The Bertz CT molecular complexity index is 157. The van der Waals surface area contributed by atoms with Crippen LogP contribution in [-0.2, 0) is 20.6 Å². The lowest BCUT2D eigenvalue weighted by Gasteiger charge is -2.04. The fraction of sp³-hybridized carbons (Fsp3) is 0.833. The van der Waals surface area contributed by atoms with Crippen molar-refractivity contribution in [1.82, 2.24) is 0 Å². The molecule has 5 heteroatoms. The standard InChI is InChI=1S/C6H12O4S/c1-5(11(8)9)3-4-6(7)10-2/h5H,3-4H2,1-2H3,(H,8,9). The molecule has 0 radical (unpaired) electrons. The smallest absolute Gasteiger partial charge is 0.305 e. The summed E-state index contributed by atoms with van der Waals surface area (Å²) in [4.78, 5) is 10.5. The largest absolute Gasteiger partial charge is 0.469 e. The molecule has 0 aromatic heterocycles. The van der Waals surface area contributed by atoms with Crippen molar-refractivity contribution in [2.24, 2.45) is 0 Å². The number of carbonyl (C=O) groups excluding carboxylic acids is 1. The van der Waals surface area contributed by atoms with Crippen molar-refractivity contribution in [3.63, 3.8) is 0 Å². The topological polar surface area (TPSA) is 63.6 Å². The van der Waals surface area contributed by atoms with E-state index in [-0.39, 0.29) is 17.6 Å². The minimum Gasteiger partial charge on any atom is -0.469 e. The lowest BCUT2D eigenvalue weighted by atomic mass is 10.2. The van der Waals surface area contributed by atoms with Crippen molar-refractivity contribution in [2.75, 3.05) is 7.11 Å². The predicted molar refractivity (Wildman–Crippen MR) is 41.5 cm³/mol. The molecule has 0 aromatic carbocycles. The highest BCUT2D eigenvalue weighted by molar-refractivity contribution is 7.79. The number of rotatable bonds is 4. The summed E-state index contributed by atoms with van der Waals surface area (Å²) in [5.74, 6) is -0.345. The molecule has 0 bridgehead atoms. The summed E-state index contributed by atoms with van der Waals surface area (Å²) in [7, 11) is 1.29. The third-order valence-electron chi connectivity index (χ3n) is 1.33. The Morgan fingerprint density at radius 2 is 2.27 bits per heavy atom. The first-order valence-electron chi connectivity index (χ1n) is 3.24. The Morgan fingerprint density at radius 3 is 2.64 bits per heavy atom. The molecule has 0 aliphatic rings. The van der Waals surface area contributed by atoms with Crippen LogP contribution in [0.1, 0.15) is 19.8 Å². The molecular weight excluding hydrogens is 168 g/mol. The van der Waals surface area contributed by atoms with Crippen LogP contribution in [0, 0.1) is 0 Å². The van der Waals surface area contributed by atoms with Crippen LogP contribution in [0.2, 0.25) is 0 Å². The van der Waals surface area contributed by atoms with Gasteiger partial charge in [-0.25, -0.2) is 4.21 Å².